The molecule has 0 saturated heterocycles. The van der Waals surface area contributed by atoms with Crippen LogP contribution >= 0.6 is 0 Å². The first-order valence-electron chi connectivity index (χ1n) is 18.3. The average molecular weight is 700 g/mol. The second kappa shape index (κ2) is 11.8. The van der Waals surface area contributed by atoms with E-state index in [0.29, 0.717) is 11.1 Å². The predicted molar refractivity (Wildman–Crippen MR) is 224 cm³/mol. The summed E-state index contributed by atoms with van der Waals surface area (Å²) in [5.74, 6) is 0. The fourth-order valence-electron chi connectivity index (χ4n) is 8.78. The molecule has 11 rings (SSSR count). The molecular formula is C50H29N5. The smallest absolute Gasteiger partial charge is 0.0998 e. The van der Waals surface area contributed by atoms with Crippen LogP contribution in [0.5, 0.6) is 0 Å². The van der Waals surface area contributed by atoms with Crippen LogP contribution in [0.25, 0.3) is 93.6 Å². The monoisotopic (exact) mass is 699 g/mol. The molecule has 0 aliphatic carbocycles. The highest BCUT2D eigenvalue weighted by Crippen LogP contribution is 2.41. The van der Waals surface area contributed by atoms with Crippen LogP contribution in [0.2, 0.25) is 0 Å². The highest BCUT2D eigenvalue weighted by Gasteiger charge is 2.21. The van der Waals surface area contributed by atoms with Gasteiger partial charge in [-0.05, 0) is 83.9 Å². The number of fused-ring (bicyclic) bond motifs is 9. The van der Waals surface area contributed by atoms with Crippen molar-refractivity contribution in [2.75, 3.05) is 0 Å². The summed E-state index contributed by atoms with van der Waals surface area (Å²) in [4.78, 5) is 0. The van der Waals surface area contributed by atoms with E-state index in [-0.39, 0.29) is 0 Å². The molecule has 3 heterocycles. The molecule has 0 aliphatic rings. The molecule has 0 spiro atoms. The maximum absolute atomic E-state index is 10.6. The van der Waals surface area contributed by atoms with Gasteiger partial charge >= 0.3 is 0 Å². The zero-order valence-electron chi connectivity index (χ0n) is 29.5. The molecule has 0 bridgehead atoms. The van der Waals surface area contributed by atoms with E-state index >= 15 is 0 Å². The molecule has 0 N–H and O–H groups in total. The topological polar surface area (TPSA) is 62.4 Å². The Bertz CT molecular complexity index is 3360. The largest absolute Gasteiger partial charge is 0.309 e. The Kier molecular flexibility index (Phi) is 6.61. The molecule has 8 aromatic carbocycles. The number of nitrogens with zero attached hydrogens (tertiary/aromatic N) is 5. The fraction of sp³-hybridized carbons (Fsp3) is 0. The Morgan fingerprint density at radius 1 is 0.364 bits per heavy atom. The minimum absolute atomic E-state index is 0.600. The SMILES string of the molecule is N#Cc1ccc2c(c1)c1cccc(-n3c4ccccc4c4ccccc43)c1n2-c1cccc(-c2ccc(-n3c4ccccc4c4ccccc43)cc2C#N)c1. The number of rotatable bonds is 4. The molecule has 0 amide bonds. The molecule has 254 valence electrons. The molecule has 5 nitrogen and oxygen atoms in total. The summed E-state index contributed by atoms with van der Waals surface area (Å²) < 4.78 is 6.92. The highest BCUT2D eigenvalue weighted by atomic mass is 15.1. The second-order valence-electron chi connectivity index (χ2n) is 14.0. The van der Waals surface area contributed by atoms with Crippen molar-refractivity contribution in [3.05, 3.63) is 187 Å². The summed E-state index contributed by atoms with van der Waals surface area (Å²) in [6, 6.07) is 65.9. The number of hydrogen-bond acceptors (Lipinski definition) is 2. The number of aromatic nitrogens is 3. The maximum atomic E-state index is 10.6. The first kappa shape index (κ1) is 30.7. The van der Waals surface area contributed by atoms with E-state index in [4.69, 9.17) is 0 Å². The van der Waals surface area contributed by atoms with Crippen LogP contribution in [0.1, 0.15) is 11.1 Å². The van der Waals surface area contributed by atoms with Gasteiger partial charge in [-0.25, -0.2) is 0 Å². The minimum atomic E-state index is 0.600. The lowest BCUT2D eigenvalue weighted by atomic mass is 9.99. The standard InChI is InChI=1S/C50H29N5/c51-30-32-23-26-48-43(27-32)42-17-10-22-49(55-46-20-7-3-15-40(46)41-16-4-8-21-47(41)55)50(42)54(48)35-12-9-11-33(28-35)37-25-24-36(29-34(37)31-52)53-44-18-5-1-13-38(44)39-14-2-6-19-45(39)53/h1-29H. The summed E-state index contributed by atoms with van der Waals surface area (Å²) >= 11 is 0. The molecule has 0 aliphatic heterocycles. The number of benzene rings is 8. The van der Waals surface area contributed by atoms with Crippen molar-refractivity contribution in [2.24, 2.45) is 0 Å². The first-order valence-corrected chi connectivity index (χ1v) is 18.3. The molecular weight excluding hydrogens is 671 g/mol. The van der Waals surface area contributed by atoms with E-state index in [0.717, 1.165) is 72.1 Å². The van der Waals surface area contributed by atoms with E-state index in [2.05, 4.69) is 184 Å². The van der Waals surface area contributed by atoms with Gasteiger partial charge in [0.1, 0.15) is 0 Å². The lowest BCUT2D eigenvalue weighted by molar-refractivity contribution is 1.13. The molecule has 0 fully saturated rings. The lowest BCUT2D eigenvalue weighted by Gasteiger charge is -2.16. The van der Waals surface area contributed by atoms with Crippen LogP contribution < -0.4 is 0 Å². The molecule has 5 heteroatoms. The summed E-state index contributed by atoms with van der Waals surface area (Å²) in [6.07, 6.45) is 0. The Labute approximate surface area is 316 Å². The Morgan fingerprint density at radius 2 is 0.909 bits per heavy atom. The van der Waals surface area contributed by atoms with Gasteiger partial charge < -0.3 is 13.7 Å². The van der Waals surface area contributed by atoms with Gasteiger partial charge in [0, 0.05) is 43.7 Å². The van der Waals surface area contributed by atoms with Crippen LogP contribution in [-0.2, 0) is 0 Å². The predicted octanol–water partition coefficient (Wildman–Crippen LogP) is 12.4. The summed E-state index contributed by atoms with van der Waals surface area (Å²) in [6.45, 7) is 0. The Morgan fingerprint density at radius 3 is 1.53 bits per heavy atom. The van der Waals surface area contributed by atoms with Crippen molar-refractivity contribution in [1.82, 2.24) is 13.7 Å². The van der Waals surface area contributed by atoms with Gasteiger partial charge in [-0.3, -0.25) is 0 Å². The van der Waals surface area contributed by atoms with E-state index in [1.54, 1.807) is 0 Å². The summed E-state index contributed by atoms with van der Waals surface area (Å²) in [5, 5.41) is 27.4. The van der Waals surface area contributed by atoms with E-state index in [9.17, 15) is 10.5 Å². The first-order chi connectivity index (χ1) is 27.2. The van der Waals surface area contributed by atoms with Gasteiger partial charge in [0.05, 0.1) is 62.1 Å². The van der Waals surface area contributed by atoms with Gasteiger partial charge in [-0.2, -0.15) is 10.5 Å². The Balaban J connectivity index is 1.15. The fourth-order valence-corrected chi connectivity index (χ4v) is 8.78. The van der Waals surface area contributed by atoms with Crippen LogP contribution in [0.15, 0.2) is 176 Å². The van der Waals surface area contributed by atoms with Gasteiger partial charge in [-0.15, -0.1) is 0 Å². The molecule has 0 atom stereocenters. The highest BCUT2D eigenvalue weighted by molar-refractivity contribution is 6.15. The third-order valence-electron chi connectivity index (χ3n) is 11.1. The van der Waals surface area contributed by atoms with Crippen LogP contribution in [0.4, 0.5) is 0 Å². The van der Waals surface area contributed by atoms with E-state index in [1.807, 2.05) is 18.2 Å². The van der Waals surface area contributed by atoms with Crippen molar-refractivity contribution < 1.29 is 0 Å². The van der Waals surface area contributed by atoms with Gasteiger partial charge in [0.15, 0.2) is 0 Å². The molecule has 55 heavy (non-hydrogen) atoms. The lowest BCUT2D eigenvalue weighted by Crippen LogP contribution is -2.01. The van der Waals surface area contributed by atoms with Crippen LogP contribution in [0, 0.1) is 22.7 Å². The van der Waals surface area contributed by atoms with Gasteiger partial charge in [-0.1, -0.05) is 103 Å². The molecule has 3 aromatic heterocycles. The second-order valence-corrected chi connectivity index (χ2v) is 14.0. The quantitative estimate of drug-likeness (QED) is 0.184. The van der Waals surface area contributed by atoms with Crippen molar-refractivity contribution in [3.63, 3.8) is 0 Å². The third-order valence-corrected chi connectivity index (χ3v) is 11.1. The molecule has 0 unspecified atom stereocenters. The number of nitriles is 2. The van der Waals surface area contributed by atoms with Gasteiger partial charge in [0.25, 0.3) is 0 Å². The van der Waals surface area contributed by atoms with Crippen molar-refractivity contribution >= 4 is 65.4 Å². The minimum Gasteiger partial charge on any atom is -0.309 e. The normalized spacial score (nSPS) is 11.6. The average Bonchev–Trinajstić information content (AvgIpc) is 3.89. The van der Waals surface area contributed by atoms with Crippen molar-refractivity contribution in [3.8, 4) is 40.3 Å². The van der Waals surface area contributed by atoms with Crippen molar-refractivity contribution in [1.29, 1.82) is 10.5 Å². The van der Waals surface area contributed by atoms with Crippen LogP contribution in [-0.4, -0.2) is 13.7 Å². The number of hydrogen-bond donors (Lipinski definition) is 0. The van der Waals surface area contributed by atoms with Crippen LogP contribution in [0.3, 0.4) is 0 Å². The van der Waals surface area contributed by atoms with Gasteiger partial charge in [0.2, 0.25) is 0 Å². The number of para-hydroxylation sites is 5. The van der Waals surface area contributed by atoms with E-state index in [1.165, 1.54) is 21.5 Å². The zero-order valence-corrected chi connectivity index (χ0v) is 29.5. The molecule has 11 aromatic rings. The summed E-state index contributed by atoms with van der Waals surface area (Å²) in [7, 11) is 0. The summed E-state index contributed by atoms with van der Waals surface area (Å²) in [5.41, 5.74) is 12.5. The van der Waals surface area contributed by atoms with E-state index < -0.39 is 0 Å². The zero-order chi connectivity index (χ0) is 36.6. The van der Waals surface area contributed by atoms with Crippen molar-refractivity contribution in [2.45, 2.75) is 0 Å². The Hall–Kier alpha value is -7.86. The third kappa shape index (κ3) is 4.45. The molecule has 0 radical (unpaired) electrons. The maximum Gasteiger partial charge on any atom is 0.0998 e. The molecule has 0 saturated carbocycles.